The number of fused-ring (bicyclic) bond motifs is 1. The van der Waals surface area contributed by atoms with Crippen molar-refractivity contribution >= 4 is 17.5 Å². The van der Waals surface area contributed by atoms with Crippen LogP contribution in [-0.4, -0.2) is 23.5 Å². The first kappa shape index (κ1) is 16.2. The maximum atomic E-state index is 12.6. The molecular weight excluding hydrogens is 304 g/mol. The SMILES string of the molecule is O=C1CCc2cc(C(=O)NC(CCO)c3ccccc3)ccc2N1. The van der Waals surface area contributed by atoms with Gasteiger partial charge in [-0.3, -0.25) is 9.59 Å². The quantitative estimate of drug-likeness (QED) is 0.790. The number of amides is 2. The summed E-state index contributed by atoms with van der Waals surface area (Å²) in [6, 6.07) is 14.7. The van der Waals surface area contributed by atoms with Crippen LogP contribution in [0.25, 0.3) is 0 Å². The van der Waals surface area contributed by atoms with Gasteiger partial charge in [0.2, 0.25) is 5.91 Å². The van der Waals surface area contributed by atoms with Gasteiger partial charge in [-0.15, -0.1) is 0 Å². The lowest BCUT2D eigenvalue weighted by Crippen LogP contribution is -2.29. The maximum Gasteiger partial charge on any atom is 0.251 e. The summed E-state index contributed by atoms with van der Waals surface area (Å²) in [7, 11) is 0. The number of aryl methyl sites for hydroxylation is 1. The smallest absolute Gasteiger partial charge is 0.251 e. The summed E-state index contributed by atoms with van der Waals surface area (Å²) in [5, 5.41) is 15.1. The van der Waals surface area contributed by atoms with Gasteiger partial charge in [-0.2, -0.15) is 0 Å². The number of hydrogen-bond acceptors (Lipinski definition) is 3. The van der Waals surface area contributed by atoms with Crippen molar-refractivity contribution in [1.82, 2.24) is 5.32 Å². The number of rotatable bonds is 5. The van der Waals surface area contributed by atoms with E-state index >= 15 is 0 Å². The summed E-state index contributed by atoms with van der Waals surface area (Å²) in [6.07, 6.45) is 1.53. The van der Waals surface area contributed by atoms with Crippen LogP contribution in [0.15, 0.2) is 48.5 Å². The summed E-state index contributed by atoms with van der Waals surface area (Å²) in [5.74, 6) is -0.177. The Morgan fingerprint density at radius 1 is 1.17 bits per heavy atom. The highest BCUT2D eigenvalue weighted by Gasteiger charge is 2.19. The zero-order valence-corrected chi connectivity index (χ0v) is 13.3. The molecule has 2 aromatic rings. The number of carbonyl (C=O) groups excluding carboxylic acids is 2. The Morgan fingerprint density at radius 3 is 2.71 bits per heavy atom. The van der Waals surface area contributed by atoms with Crippen LogP contribution in [0.1, 0.15) is 40.4 Å². The lowest BCUT2D eigenvalue weighted by Gasteiger charge is -2.20. The number of hydrogen-bond donors (Lipinski definition) is 3. The predicted octanol–water partition coefficient (Wildman–Crippen LogP) is 2.42. The molecule has 1 heterocycles. The van der Waals surface area contributed by atoms with Gasteiger partial charge in [-0.25, -0.2) is 0 Å². The molecule has 2 amide bonds. The largest absolute Gasteiger partial charge is 0.396 e. The summed E-state index contributed by atoms with van der Waals surface area (Å²) >= 11 is 0. The van der Waals surface area contributed by atoms with Crippen LogP contribution < -0.4 is 10.6 Å². The molecule has 5 nitrogen and oxygen atoms in total. The number of aliphatic hydroxyl groups excluding tert-OH is 1. The van der Waals surface area contributed by atoms with E-state index in [4.69, 9.17) is 0 Å². The van der Waals surface area contributed by atoms with E-state index in [1.54, 1.807) is 12.1 Å². The molecule has 124 valence electrons. The Balaban J connectivity index is 1.77. The minimum absolute atomic E-state index is 0.00391. The van der Waals surface area contributed by atoms with E-state index in [1.165, 1.54) is 0 Å². The van der Waals surface area contributed by atoms with Crippen LogP contribution in [0.3, 0.4) is 0 Å². The van der Waals surface area contributed by atoms with Crippen molar-refractivity contribution in [3.05, 3.63) is 65.2 Å². The van der Waals surface area contributed by atoms with Crippen molar-refractivity contribution < 1.29 is 14.7 Å². The summed E-state index contributed by atoms with van der Waals surface area (Å²) in [4.78, 5) is 24.0. The van der Waals surface area contributed by atoms with Gasteiger partial charge in [0.05, 0.1) is 6.04 Å². The molecule has 0 spiro atoms. The highest BCUT2D eigenvalue weighted by atomic mass is 16.3. The third-order valence-electron chi connectivity index (χ3n) is 4.19. The Bertz CT molecular complexity index is 744. The molecule has 0 saturated heterocycles. The molecule has 1 atom stereocenters. The van der Waals surface area contributed by atoms with Gasteiger partial charge in [-0.1, -0.05) is 30.3 Å². The maximum absolute atomic E-state index is 12.6. The number of aliphatic hydroxyl groups is 1. The Hall–Kier alpha value is -2.66. The van der Waals surface area contributed by atoms with E-state index in [1.807, 2.05) is 36.4 Å². The Labute approximate surface area is 140 Å². The second kappa shape index (κ2) is 7.27. The third kappa shape index (κ3) is 3.63. The van der Waals surface area contributed by atoms with Crippen molar-refractivity contribution in [3.8, 4) is 0 Å². The lowest BCUT2D eigenvalue weighted by atomic mass is 9.99. The standard InChI is InChI=1S/C19H20N2O3/c22-11-10-17(13-4-2-1-3-5-13)21-19(24)15-6-8-16-14(12-15)7-9-18(23)20-16/h1-6,8,12,17,22H,7,9-11H2,(H,20,23)(H,21,24). The minimum Gasteiger partial charge on any atom is -0.396 e. The first-order valence-corrected chi connectivity index (χ1v) is 8.07. The van der Waals surface area contributed by atoms with Crippen molar-refractivity contribution in [2.24, 2.45) is 0 Å². The van der Waals surface area contributed by atoms with Crippen LogP contribution in [-0.2, 0) is 11.2 Å². The van der Waals surface area contributed by atoms with E-state index in [2.05, 4.69) is 10.6 Å². The molecule has 0 aliphatic carbocycles. The van der Waals surface area contributed by atoms with E-state index in [9.17, 15) is 14.7 Å². The molecule has 5 heteroatoms. The zero-order valence-electron chi connectivity index (χ0n) is 13.3. The summed E-state index contributed by atoms with van der Waals surface area (Å²) in [6.45, 7) is -0.00391. The molecule has 3 N–H and O–H groups in total. The molecule has 0 radical (unpaired) electrons. The highest BCUT2D eigenvalue weighted by Crippen LogP contribution is 2.24. The van der Waals surface area contributed by atoms with Gasteiger partial charge in [0.25, 0.3) is 5.91 Å². The topological polar surface area (TPSA) is 78.4 Å². The molecule has 3 rings (SSSR count). The van der Waals surface area contributed by atoms with E-state index < -0.39 is 0 Å². The molecular formula is C19H20N2O3. The van der Waals surface area contributed by atoms with Gasteiger partial charge < -0.3 is 15.7 Å². The first-order chi connectivity index (χ1) is 11.7. The Kier molecular flexibility index (Phi) is 4.91. The van der Waals surface area contributed by atoms with Crippen LogP contribution >= 0.6 is 0 Å². The van der Waals surface area contributed by atoms with Gasteiger partial charge >= 0.3 is 0 Å². The van der Waals surface area contributed by atoms with Crippen molar-refractivity contribution in [1.29, 1.82) is 0 Å². The second-order valence-corrected chi connectivity index (χ2v) is 5.87. The first-order valence-electron chi connectivity index (χ1n) is 8.07. The fraction of sp³-hybridized carbons (Fsp3) is 0.263. The minimum atomic E-state index is -0.237. The van der Waals surface area contributed by atoms with E-state index in [-0.39, 0.29) is 24.5 Å². The average Bonchev–Trinajstić information content (AvgIpc) is 2.61. The van der Waals surface area contributed by atoms with Gasteiger partial charge in [0.1, 0.15) is 0 Å². The second-order valence-electron chi connectivity index (χ2n) is 5.87. The normalized spacial score (nSPS) is 14.5. The van der Waals surface area contributed by atoms with E-state index in [0.29, 0.717) is 24.8 Å². The third-order valence-corrected chi connectivity index (χ3v) is 4.19. The molecule has 0 saturated carbocycles. The summed E-state index contributed by atoms with van der Waals surface area (Å²) in [5.41, 5.74) is 3.27. The van der Waals surface area contributed by atoms with E-state index in [0.717, 1.165) is 16.8 Å². The van der Waals surface area contributed by atoms with Crippen LogP contribution in [0.5, 0.6) is 0 Å². The van der Waals surface area contributed by atoms with Gasteiger partial charge in [-0.05, 0) is 42.2 Å². The Morgan fingerprint density at radius 2 is 1.96 bits per heavy atom. The number of anilines is 1. The lowest BCUT2D eigenvalue weighted by molar-refractivity contribution is -0.116. The molecule has 1 aliphatic rings. The van der Waals surface area contributed by atoms with Gasteiger partial charge in [0, 0.05) is 24.3 Å². The van der Waals surface area contributed by atoms with Crippen molar-refractivity contribution in [2.75, 3.05) is 11.9 Å². The molecule has 2 aromatic carbocycles. The molecule has 0 bridgehead atoms. The van der Waals surface area contributed by atoms with Crippen LogP contribution in [0.4, 0.5) is 5.69 Å². The fourth-order valence-electron chi connectivity index (χ4n) is 2.90. The highest BCUT2D eigenvalue weighted by molar-refractivity contribution is 5.98. The van der Waals surface area contributed by atoms with Crippen LogP contribution in [0.2, 0.25) is 0 Å². The van der Waals surface area contributed by atoms with Gasteiger partial charge in [0.15, 0.2) is 0 Å². The molecule has 1 unspecified atom stereocenters. The monoisotopic (exact) mass is 324 g/mol. The van der Waals surface area contributed by atoms with Crippen LogP contribution in [0, 0.1) is 0 Å². The number of carbonyl (C=O) groups is 2. The van der Waals surface area contributed by atoms with Crippen molar-refractivity contribution in [2.45, 2.75) is 25.3 Å². The average molecular weight is 324 g/mol. The molecule has 0 fully saturated rings. The zero-order chi connectivity index (χ0) is 16.9. The molecule has 1 aliphatic heterocycles. The number of nitrogens with one attached hydrogen (secondary N) is 2. The van der Waals surface area contributed by atoms with Crippen molar-refractivity contribution in [3.63, 3.8) is 0 Å². The molecule has 24 heavy (non-hydrogen) atoms. The summed E-state index contributed by atoms with van der Waals surface area (Å²) < 4.78 is 0. The number of benzene rings is 2. The molecule has 0 aromatic heterocycles. The predicted molar refractivity (Wildman–Crippen MR) is 91.7 cm³/mol. The fourth-order valence-corrected chi connectivity index (χ4v) is 2.90.